The molecule has 1 fully saturated rings. The van der Waals surface area contributed by atoms with Gasteiger partial charge in [0.05, 0.1) is 19.7 Å². The summed E-state index contributed by atoms with van der Waals surface area (Å²) in [6.07, 6.45) is 4.49. The zero-order valence-corrected chi connectivity index (χ0v) is 13.7. The van der Waals surface area contributed by atoms with Crippen LogP contribution in [0.4, 0.5) is 0 Å². The Labute approximate surface area is 133 Å². The molecular weight excluding hydrogens is 286 g/mol. The molecule has 118 valence electrons. The van der Waals surface area contributed by atoms with E-state index in [1.54, 1.807) is 4.90 Å². The molecule has 0 amide bonds. The second-order valence-electron chi connectivity index (χ2n) is 6.38. The number of benzene rings is 1. The van der Waals surface area contributed by atoms with Gasteiger partial charge in [0.15, 0.2) is 0 Å². The number of halogens is 1. The van der Waals surface area contributed by atoms with Crippen LogP contribution in [0.25, 0.3) is 0 Å². The normalized spacial score (nSPS) is 26.2. The average Bonchev–Trinajstić information content (AvgIpc) is 2.61. The van der Waals surface area contributed by atoms with Crippen LogP contribution >= 0.6 is 0 Å². The molecule has 3 nitrogen and oxygen atoms in total. The van der Waals surface area contributed by atoms with Crippen LogP contribution in [-0.2, 0) is 0 Å². The highest BCUT2D eigenvalue weighted by Gasteiger charge is 2.35. The number of aliphatic hydroxyl groups excluding tert-OH is 1. The molecule has 0 saturated carbocycles. The molecule has 1 aromatic carbocycles. The van der Waals surface area contributed by atoms with Crippen LogP contribution in [0.15, 0.2) is 12.1 Å². The highest BCUT2D eigenvalue weighted by atomic mass is 35.5. The summed E-state index contributed by atoms with van der Waals surface area (Å²) in [6, 6.07) is 4.50. The van der Waals surface area contributed by atoms with E-state index >= 15 is 0 Å². The lowest BCUT2D eigenvalue weighted by Crippen LogP contribution is -3.17. The molecule has 4 heteroatoms. The van der Waals surface area contributed by atoms with Gasteiger partial charge in [0, 0.05) is 12.0 Å². The Hall–Kier alpha value is -0.770. The quantitative estimate of drug-likeness (QED) is 0.666. The van der Waals surface area contributed by atoms with E-state index in [1.165, 1.54) is 43.5 Å². The van der Waals surface area contributed by atoms with Crippen LogP contribution in [0.2, 0.25) is 0 Å². The SMILES string of the molecule is Cc1cc2c(cc1C)[C@H](O)[C@H]([NH+]1CCCCC1)CCO2.[Cl-]. The average molecular weight is 312 g/mol. The smallest absolute Gasteiger partial charge is 0.134 e. The first kappa shape index (κ1) is 16.6. The lowest BCUT2D eigenvalue weighted by atomic mass is 9.94. The minimum absolute atomic E-state index is 0. The van der Waals surface area contributed by atoms with Gasteiger partial charge < -0.3 is 27.2 Å². The monoisotopic (exact) mass is 311 g/mol. The third-order valence-electron chi connectivity index (χ3n) is 5.03. The molecule has 0 unspecified atom stereocenters. The number of nitrogens with one attached hydrogen (secondary N) is 1. The lowest BCUT2D eigenvalue weighted by Gasteiger charge is -2.33. The Morgan fingerprint density at radius 1 is 1.10 bits per heavy atom. The van der Waals surface area contributed by atoms with Crippen molar-refractivity contribution in [1.82, 2.24) is 0 Å². The van der Waals surface area contributed by atoms with Gasteiger partial charge in [0.25, 0.3) is 0 Å². The zero-order chi connectivity index (χ0) is 14.1. The largest absolute Gasteiger partial charge is 1.00 e. The number of ether oxygens (including phenoxy) is 1. The Morgan fingerprint density at radius 3 is 2.48 bits per heavy atom. The fraction of sp³-hybridized carbons (Fsp3) is 0.647. The number of rotatable bonds is 1. The molecule has 0 bridgehead atoms. The number of aryl methyl sites for hydroxylation is 2. The minimum atomic E-state index is -0.389. The predicted octanol–water partition coefficient (Wildman–Crippen LogP) is -1.44. The third kappa shape index (κ3) is 3.36. The first-order valence-electron chi connectivity index (χ1n) is 7.93. The third-order valence-corrected chi connectivity index (χ3v) is 5.03. The number of likely N-dealkylation sites (tertiary alicyclic amines) is 1. The number of aliphatic hydroxyl groups is 1. The summed E-state index contributed by atoms with van der Waals surface area (Å²) in [5, 5.41) is 10.9. The molecule has 2 atom stereocenters. The molecule has 2 N–H and O–H groups in total. The van der Waals surface area contributed by atoms with Crippen LogP contribution in [-0.4, -0.2) is 30.8 Å². The molecule has 1 saturated heterocycles. The molecule has 0 aromatic heterocycles. The van der Waals surface area contributed by atoms with E-state index in [0.29, 0.717) is 6.04 Å². The van der Waals surface area contributed by atoms with E-state index in [9.17, 15) is 5.11 Å². The van der Waals surface area contributed by atoms with Crippen molar-refractivity contribution in [2.75, 3.05) is 19.7 Å². The second kappa shape index (κ2) is 6.99. The van der Waals surface area contributed by atoms with Crippen molar-refractivity contribution < 1.29 is 27.2 Å². The van der Waals surface area contributed by atoms with Crippen molar-refractivity contribution in [2.45, 2.75) is 51.7 Å². The number of piperidine rings is 1. The second-order valence-corrected chi connectivity index (χ2v) is 6.38. The predicted molar refractivity (Wildman–Crippen MR) is 79.3 cm³/mol. The summed E-state index contributed by atoms with van der Waals surface area (Å²) in [5.74, 6) is 0.888. The van der Waals surface area contributed by atoms with Crippen LogP contribution in [0, 0.1) is 13.8 Å². The maximum atomic E-state index is 10.9. The van der Waals surface area contributed by atoms with Crippen molar-refractivity contribution in [3.05, 3.63) is 28.8 Å². The van der Waals surface area contributed by atoms with E-state index in [4.69, 9.17) is 4.74 Å². The van der Waals surface area contributed by atoms with Crippen molar-refractivity contribution in [2.24, 2.45) is 0 Å². The summed E-state index contributed by atoms with van der Waals surface area (Å²) in [7, 11) is 0. The van der Waals surface area contributed by atoms with Gasteiger partial charge in [-0.15, -0.1) is 0 Å². The first-order chi connectivity index (χ1) is 9.66. The molecule has 0 aliphatic carbocycles. The van der Waals surface area contributed by atoms with Crippen molar-refractivity contribution >= 4 is 0 Å². The van der Waals surface area contributed by atoms with Gasteiger partial charge in [0.2, 0.25) is 0 Å². The first-order valence-corrected chi connectivity index (χ1v) is 7.93. The number of hydrogen-bond donors (Lipinski definition) is 2. The van der Waals surface area contributed by atoms with Crippen LogP contribution < -0.4 is 22.0 Å². The molecule has 21 heavy (non-hydrogen) atoms. The Balaban J connectivity index is 0.00000161. The summed E-state index contributed by atoms with van der Waals surface area (Å²) in [4.78, 5) is 1.57. The van der Waals surface area contributed by atoms with Gasteiger partial charge in [-0.25, -0.2) is 0 Å². The molecule has 2 aliphatic rings. The number of hydrogen-bond acceptors (Lipinski definition) is 2. The van der Waals surface area contributed by atoms with Gasteiger partial charge in [-0.1, -0.05) is 0 Å². The highest BCUT2D eigenvalue weighted by Crippen LogP contribution is 2.33. The standard InChI is InChI=1S/C17H25NO2.ClH/c1-12-10-14-16(11-13(12)2)20-9-6-15(17(14)19)18-7-4-3-5-8-18;/h10-11,15,17,19H,3-9H2,1-2H3;1H/t15-,17+;/m1./s1. The Kier molecular flexibility index (Phi) is 5.53. The summed E-state index contributed by atoms with van der Waals surface area (Å²) < 4.78 is 5.90. The maximum absolute atomic E-state index is 10.9. The summed E-state index contributed by atoms with van der Waals surface area (Å²) in [6.45, 7) is 7.32. The van der Waals surface area contributed by atoms with Crippen LogP contribution in [0.1, 0.15) is 48.5 Å². The molecular formula is C17H26ClNO2. The Morgan fingerprint density at radius 2 is 1.76 bits per heavy atom. The number of fused-ring (bicyclic) bond motifs is 1. The number of quaternary nitrogens is 1. The van der Waals surface area contributed by atoms with E-state index in [0.717, 1.165) is 24.3 Å². The van der Waals surface area contributed by atoms with E-state index in [2.05, 4.69) is 26.0 Å². The minimum Gasteiger partial charge on any atom is -1.00 e. The van der Waals surface area contributed by atoms with Crippen molar-refractivity contribution in [3.8, 4) is 5.75 Å². The van der Waals surface area contributed by atoms with Crippen molar-refractivity contribution in [3.63, 3.8) is 0 Å². The van der Waals surface area contributed by atoms with E-state index < -0.39 is 0 Å². The van der Waals surface area contributed by atoms with Crippen LogP contribution in [0.3, 0.4) is 0 Å². The highest BCUT2D eigenvalue weighted by molar-refractivity contribution is 5.43. The van der Waals surface area contributed by atoms with Gasteiger partial charge in [0.1, 0.15) is 17.9 Å². The maximum Gasteiger partial charge on any atom is 0.134 e. The fourth-order valence-corrected chi connectivity index (χ4v) is 3.64. The van der Waals surface area contributed by atoms with Gasteiger partial charge in [-0.3, -0.25) is 0 Å². The molecule has 3 rings (SSSR count). The molecule has 0 radical (unpaired) electrons. The Bertz CT molecular complexity index is 486. The molecule has 1 aromatic rings. The van der Waals surface area contributed by atoms with Gasteiger partial charge in [-0.2, -0.15) is 0 Å². The lowest BCUT2D eigenvalue weighted by molar-refractivity contribution is -0.934. The fourth-order valence-electron chi connectivity index (χ4n) is 3.64. The summed E-state index contributed by atoms with van der Waals surface area (Å²) >= 11 is 0. The molecule has 2 aliphatic heterocycles. The van der Waals surface area contributed by atoms with E-state index in [1.807, 2.05) is 0 Å². The topological polar surface area (TPSA) is 33.9 Å². The molecule has 2 heterocycles. The van der Waals surface area contributed by atoms with Gasteiger partial charge in [-0.05, 0) is 56.4 Å². The van der Waals surface area contributed by atoms with Crippen LogP contribution in [0.5, 0.6) is 5.75 Å². The summed E-state index contributed by atoms with van der Waals surface area (Å²) in [5.41, 5.74) is 3.47. The van der Waals surface area contributed by atoms with Crippen molar-refractivity contribution in [1.29, 1.82) is 0 Å². The van der Waals surface area contributed by atoms with E-state index in [-0.39, 0.29) is 18.5 Å². The molecule has 0 spiro atoms. The zero-order valence-electron chi connectivity index (χ0n) is 13.0. The van der Waals surface area contributed by atoms with Gasteiger partial charge >= 0.3 is 0 Å².